The second-order valence-corrected chi connectivity index (χ2v) is 7.07. The van der Waals surface area contributed by atoms with E-state index in [4.69, 9.17) is 4.74 Å². The van der Waals surface area contributed by atoms with Crippen LogP contribution in [-0.2, 0) is 4.74 Å². The van der Waals surface area contributed by atoms with E-state index in [1.165, 1.54) is 24.2 Å². The van der Waals surface area contributed by atoms with Crippen LogP contribution in [0.5, 0.6) is 0 Å². The lowest BCUT2D eigenvalue weighted by molar-refractivity contribution is 0.0941. The average Bonchev–Trinajstić information content (AvgIpc) is 3.10. The predicted molar refractivity (Wildman–Crippen MR) is 77.2 cm³/mol. The molecule has 1 aromatic heterocycles. The number of halogens is 1. The molecule has 18 heavy (non-hydrogen) atoms. The van der Waals surface area contributed by atoms with E-state index in [2.05, 4.69) is 21.2 Å². The lowest BCUT2D eigenvalue weighted by Crippen LogP contribution is -2.24. The number of aryl methyl sites for hydroxylation is 1. The first-order chi connectivity index (χ1) is 8.66. The fraction of sp³-hybridized carbons (Fsp3) is 0.615. The SMILES string of the molecule is Cc1cc(C(=O)NCCCOCC2CC2)sc1Br. The molecule has 0 saturated heterocycles. The number of carbonyl (C=O) groups excluding carboxylic acids is 1. The Morgan fingerprint density at radius 2 is 2.39 bits per heavy atom. The zero-order chi connectivity index (χ0) is 13.0. The molecule has 0 aromatic carbocycles. The number of ether oxygens (including phenoxy) is 1. The van der Waals surface area contributed by atoms with Crippen LogP contribution in [0.2, 0.25) is 0 Å². The summed E-state index contributed by atoms with van der Waals surface area (Å²) in [6.45, 7) is 4.30. The minimum Gasteiger partial charge on any atom is -0.381 e. The monoisotopic (exact) mass is 331 g/mol. The van der Waals surface area contributed by atoms with Gasteiger partial charge in [0.2, 0.25) is 0 Å². The van der Waals surface area contributed by atoms with Gasteiger partial charge in [0, 0.05) is 19.8 Å². The minimum absolute atomic E-state index is 0.0102. The van der Waals surface area contributed by atoms with Gasteiger partial charge in [-0.3, -0.25) is 4.79 Å². The van der Waals surface area contributed by atoms with Crippen LogP contribution < -0.4 is 5.32 Å². The Labute approximate surface area is 120 Å². The van der Waals surface area contributed by atoms with Gasteiger partial charge >= 0.3 is 0 Å². The fourth-order valence-electron chi connectivity index (χ4n) is 1.57. The standard InChI is InChI=1S/C13H18BrNO2S/c1-9-7-11(18-12(9)14)13(16)15-5-2-6-17-8-10-3-4-10/h7,10H,2-6,8H2,1H3,(H,15,16). The maximum atomic E-state index is 11.8. The molecule has 0 aliphatic heterocycles. The van der Waals surface area contributed by atoms with Crippen LogP contribution >= 0.6 is 27.3 Å². The molecule has 3 nitrogen and oxygen atoms in total. The van der Waals surface area contributed by atoms with Gasteiger partial charge in [-0.1, -0.05) is 0 Å². The number of hydrogen-bond donors (Lipinski definition) is 1. The van der Waals surface area contributed by atoms with E-state index in [1.54, 1.807) is 0 Å². The van der Waals surface area contributed by atoms with E-state index in [1.807, 2.05) is 13.0 Å². The van der Waals surface area contributed by atoms with Crippen LogP contribution in [0.25, 0.3) is 0 Å². The summed E-state index contributed by atoms with van der Waals surface area (Å²) in [6.07, 6.45) is 3.52. The Kier molecular flexibility index (Phi) is 5.21. The molecule has 0 radical (unpaired) electrons. The van der Waals surface area contributed by atoms with E-state index in [-0.39, 0.29) is 5.91 Å². The molecule has 1 aromatic rings. The molecule has 1 fully saturated rings. The van der Waals surface area contributed by atoms with Crippen molar-refractivity contribution in [3.63, 3.8) is 0 Å². The van der Waals surface area contributed by atoms with Gasteiger partial charge in [-0.25, -0.2) is 0 Å². The fourth-order valence-corrected chi connectivity index (χ4v) is 3.02. The van der Waals surface area contributed by atoms with Gasteiger partial charge < -0.3 is 10.1 Å². The van der Waals surface area contributed by atoms with Crippen molar-refractivity contribution in [2.75, 3.05) is 19.8 Å². The quantitative estimate of drug-likeness (QED) is 0.778. The second kappa shape index (κ2) is 6.68. The molecule has 1 aliphatic carbocycles. The van der Waals surface area contributed by atoms with Crippen molar-refractivity contribution in [3.8, 4) is 0 Å². The van der Waals surface area contributed by atoms with Crippen LogP contribution in [0.4, 0.5) is 0 Å². The van der Waals surface area contributed by atoms with Gasteiger partial charge in [-0.05, 0) is 59.7 Å². The maximum Gasteiger partial charge on any atom is 0.261 e. The predicted octanol–water partition coefficient (Wildman–Crippen LogP) is 3.37. The Balaban J connectivity index is 1.59. The lowest BCUT2D eigenvalue weighted by Gasteiger charge is -2.04. The summed E-state index contributed by atoms with van der Waals surface area (Å²) in [5, 5.41) is 2.91. The Morgan fingerprint density at radius 3 is 3.00 bits per heavy atom. The number of amides is 1. The Morgan fingerprint density at radius 1 is 1.61 bits per heavy atom. The van der Waals surface area contributed by atoms with Crippen molar-refractivity contribution in [1.82, 2.24) is 5.32 Å². The largest absolute Gasteiger partial charge is 0.381 e. The molecule has 100 valence electrons. The second-order valence-electron chi connectivity index (χ2n) is 4.70. The van der Waals surface area contributed by atoms with Crippen molar-refractivity contribution >= 4 is 33.2 Å². The van der Waals surface area contributed by atoms with Gasteiger partial charge in [0.15, 0.2) is 0 Å². The van der Waals surface area contributed by atoms with E-state index in [9.17, 15) is 4.79 Å². The highest BCUT2D eigenvalue weighted by Gasteiger charge is 2.20. The first kappa shape index (κ1) is 14.0. The van der Waals surface area contributed by atoms with Gasteiger partial charge in [-0.2, -0.15) is 0 Å². The summed E-state index contributed by atoms with van der Waals surface area (Å²) in [5.74, 6) is 0.821. The molecule has 2 rings (SSSR count). The molecule has 0 bridgehead atoms. The number of carbonyl (C=O) groups is 1. The van der Waals surface area contributed by atoms with Crippen LogP contribution in [0.1, 0.15) is 34.5 Å². The first-order valence-electron chi connectivity index (χ1n) is 6.28. The van der Waals surface area contributed by atoms with Crippen LogP contribution in [0.15, 0.2) is 9.85 Å². The molecule has 1 N–H and O–H groups in total. The summed E-state index contributed by atoms with van der Waals surface area (Å²) in [5.41, 5.74) is 1.11. The van der Waals surface area contributed by atoms with Crippen LogP contribution in [0, 0.1) is 12.8 Å². The summed E-state index contributed by atoms with van der Waals surface area (Å²) in [4.78, 5) is 12.6. The van der Waals surface area contributed by atoms with Gasteiger partial charge in [-0.15, -0.1) is 11.3 Å². The molecule has 5 heteroatoms. The highest BCUT2D eigenvalue weighted by molar-refractivity contribution is 9.11. The third kappa shape index (κ3) is 4.37. The maximum absolute atomic E-state index is 11.8. The van der Waals surface area contributed by atoms with Crippen molar-refractivity contribution in [2.24, 2.45) is 5.92 Å². The van der Waals surface area contributed by atoms with Crippen molar-refractivity contribution in [2.45, 2.75) is 26.2 Å². The average molecular weight is 332 g/mol. The molecule has 0 unspecified atom stereocenters. The molecular formula is C13H18BrNO2S. The number of rotatable bonds is 7. The van der Waals surface area contributed by atoms with Crippen LogP contribution in [-0.4, -0.2) is 25.7 Å². The molecule has 1 saturated carbocycles. The van der Waals surface area contributed by atoms with Crippen molar-refractivity contribution < 1.29 is 9.53 Å². The number of hydrogen-bond acceptors (Lipinski definition) is 3. The minimum atomic E-state index is 0.0102. The molecule has 0 atom stereocenters. The van der Waals surface area contributed by atoms with Gasteiger partial charge in [0.1, 0.15) is 0 Å². The summed E-state index contributed by atoms with van der Waals surface area (Å²) >= 11 is 4.90. The van der Waals surface area contributed by atoms with E-state index < -0.39 is 0 Å². The third-order valence-electron chi connectivity index (χ3n) is 2.88. The summed E-state index contributed by atoms with van der Waals surface area (Å²) in [7, 11) is 0. The van der Waals surface area contributed by atoms with E-state index in [0.717, 1.165) is 39.8 Å². The van der Waals surface area contributed by atoms with E-state index >= 15 is 0 Å². The zero-order valence-electron chi connectivity index (χ0n) is 10.5. The Bertz CT molecular complexity index is 396. The van der Waals surface area contributed by atoms with E-state index in [0.29, 0.717) is 6.54 Å². The van der Waals surface area contributed by atoms with Crippen molar-refractivity contribution in [3.05, 3.63) is 20.3 Å². The molecule has 1 heterocycles. The highest BCUT2D eigenvalue weighted by Crippen LogP contribution is 2.28. The van der Waals surface area contributed by atoms with Gasteiger partial charge in [0.25, 0.3) is 5.91 Å². The van der Waals surface area contributed by atoms with Gasteiger partial charge in [0.05, 0.1) is 8.66 Å². The number of thiophene rings is 1. The lowest BCUT2D eigenvalue weighted by atomic mass is 10.3. The topological polar surface area (TPSA) is 38.3 Å². The molecule has 1 amide bonds. The molecular weight excluding hydrogens is 314 g/mol. The van der Waals surface area contributed by atoms with Crippen molar-refractivity contribution in [1.29, 1.82) is 0 Å². The normalized spacial score (nSPS) is 14.8. The summed E-state index contributed by atoms with van der Waals surface area (Å²) in [6, 6.07) is 1.91. The zero-order valence-corrected chi connectivity index (χ0v) is 12.9. The van der Waals surface area contributed by atoms with Crippen LogP contribution in [0.3, 0.4) is 0 Å². The molecule has 1 aliphatic rings. The number of nitrogens with one attached hydrogen (secondary N) is 1. The first-order valence-corrected chi connectivity index (χ1v) is 7.89. The Hall–Kier alpha value is -0.390. The molecule has 0 spiro atoms. The third-order valence-corrected chi connectivity index (χ3v) is 5.02. The highest BCUT2D eigenvalue weighted by atomic mass is 79.9. The summed E-state index contributed by atoms with van der Waals surface area (Å²) < 4.78 is 6.54. The smallest absolute Gasteiger partial charge is 0.261 e.